The van der Waals surface area contributed by atoms with E-state index in [1.54, 1.807) is 0 Å². The lowest BCUT2D eigenvalue weighted by Crippen LogP contribution is -2.50. The highest BCUT2D eigenvalue weighted by Crippen LogP contribution is 2.30. The standard InChI is InChI=1S/C52H100N2O5/c1-5-9-13-14-15-16-17-18-19-20-21-22-23-25-28-33-42-52(51(57)53-44-12-8-4,59-50(56)41-37-47-54-45-35-30-31-36-46-54)43-34-29-26-24-27-32-40-49(55)58-48(38-10-6-2)39-11-7-3/h48H,5-47H2,1-4H3,(H,53,57). The molecule has 7 heteroatoms. The minimum absolute atomic E-state index is 0.0385. The topological polar surface area (TPSA) is 84.9 Å². The van der Waals surface area contributed by atoms with Crippen LogP contribution in [0.15, 0.2) is 0 Å². The molecule has 1 rings (SSSR count). The number of amides is 1. The van der Waals surface area contributed by atoms with E-state index in [9.17, 15) is 14.4 Å². The summed E-state index contributed by atoms with van der Waals surface area (Å²) in [6.07, 6.45) is 43.2. The van der Waals surface area contributed by atoms with Crippen LogP contribution in [0.1, 0.15) is 278 Å². The van der Waals surface area contributed by atoms with Crippen molar-refractivity contribution in [2.45, 2.75) is 290 Å². The van der Waals surface area contributed by atoms with E-state index in [0.717, 1.165) is 129 Å². The molecule has 1 fully saturated rings. The molecule has 0 radical (unpaired) electrons. The van der Waals surface area contributed by atoms with Crippen molar-refractivity contribution in [1.82, 2.24) is 10.2 Å². The Hall–Kier alpha value is -1.63. The number of carbonyl (C=O) groups excluding carboxylic acids is 3. The number of nitrogens with zero attached hydrogens (tertiary/aromatic N) is 1. The molecule has 7 nitrogen and oxygen atoms in total. The van der Waals surface area contributed by atoms with Crippen LogP contribution in [-0.2, 0) is 23.9 Å². The molecule has 1 aliphatic heterocycles. The van der Waals surface area contributed by atoms with E-state index < -0.39 is 5.60 Å². The zero-order chi connectivity index (χ0) is 42.9. The Morgan fingerprint density at radius 2 is 0.915 bits per heavy atom. The number of carbonyl (C=O) groups is 3. The van der Waals surface area contributed by atoms with E-state index in [0.29, 0.717) is 32.2 Å². The largest absolute Gasteiger partial charge is 0.462 e. The smallest absolute Gasteiger partial charge is 0.306 e. The first kappa shape index (κ1) is 55.4. The van der Waals surface area contributed by atoms with Gasteiger partial charge in [0.1, 0.15) is 6.10 Å². The quantitative estimate of drug-likeness (QED) is 0.0487. The molecule has 1 atom stereocenters. The van der Waals surface area contributed by atoms with Gasteiger partial charge in [0.15, 0.2) is 5.60 Å². The molecule has 0 aliphatic carbocycles. The van der Waals surface area contributed by atoms with Crippen molar-refractivity contribution in [3.8, 4) is 0 Å². The molecule has 1 aliphatic rings. The van der Waals surface area contributed by atoms with Gasteiger partial charge in [-0.15, -0.1) is 0 Å². The van der Waals surface area contributed by atoms with Crippen molar-refractivity contribution < 1.29 is 23.9 Å². The zero-order valence-corrected chi connectivity index (χ0v) is 40.0. The van der Waals surface area contributed by atoms with Crippen molar-refractivity contribution in [2.75, 3.05) is 26.2 Å². The Morgan fingerprint density at radius 3 is 1.39 bits per heavy atom. The summed E-state index contributed by atoms with van der Waals surface area (Å²) < 4.78 is 12.3. The van der Waals surface area contributed by atoms with E-state index in [1.165, 1.54) is 116 Å². The summed E-state index contributed by atoms with van der Waals surface area (Å²) >= 11 is 0. The average Bonchev–Trinajstić information content (AvgIpc) is 3.51. The average molecular weight is 833 g/mol. The molecule has 1 saturated heterocycles. The van der Waals surface area contributed by atoms with Gasteiger partial charge in [-0.25, -0.2) is 0 Å². The second-order valence-corrected chi connectivity index (χ2v) is 18.5. The zero-order valence-electron chi connectivity index (χ0n) is 40.0. The highest BCUT2D eigenvalue weighted by molar-refractivity contribution is 5.88. The van der Waals surface area contributed by atoms with Crippen molar-refractivity contribution in [3.05, 3.63) is 0 Å². The fraction of sp³-hybridized carbons (Fsp3) is 0.942. The van der Waals surface area contributed by atoms with Gasteiger partial charge in [0.25, 0.3) is 5.91 Å². The van der Waals surface area contributed by atoms with Crippen LogP contribution in [0.2, 0.25) is 0 Å². The molecule has 0 aromatic heterocycles. The third kappa shape index (κ3) is 31.8. The van der Waals surface area contributed by atoms with Crippen LogP contribution in [0.4, 0.5) is 0 Å². The number of nitrogens with one attached hydrogen (secondary N) is 1. The van der Waals surface area contributed by atoms with Crippen LogP contribution in [0.25, 0.3) is 0 Å². The maximum Gasteiger partial charge on any atom is 0.306 e. The summed E-state index contributed by atoms with van der Waals surface area (Å²) in [5.41, 5.74) is -1.08. The third-order valence-electron chi connectivity index (χ3n) is 12.8. The maximum absolute atomic E-state index is 14.0. The van der Waals surface area contributed by atoms with Crippen LogP contribution >= 0.6 is 0 Å². The molecule has 0 aromatic rings. The predicted octanol–water partition coefficient (Wildman–Crippen LogP) is 14.9. The fourth-order valence-electron chi connectivity index (χ4n) is 8.83. The number of unbranched alkanes of at least 4 members (excludes halogenated alkanes) is 23. The van der Waals surface area contributed by atoms with E-state index in [-0.39, 0.29) is 23.9 Å². The van der Waals surface area contributed by atoms with E-state index in [4.69, 9.17) is 9.47 Å². The summed E-state index contributed by atoms with van der Waals surface area (Å²) in [4.78, 5) is 42.7. The van der Waals surface area contributed by atoms with Gasteiger partial charge < -0.3 is 19.7 Å². The number of rotatable bonds is 42. The lowest BCUT2D eigenvalue weighted by molar-refractivity contribution is -0.171. The molecule has 348 valence electrons. The number of likely N-dealkylation sites (tertiary alicyclic amines) is 1. The Balaban J connectivity index is 2.65. The molecule has 1 unspecified atom stereocenters. The van der Waals surface area contributed by atoms with Crippen LogP contribution in [-0.4, -0.2) is 60.6 Å². The maximum atomic E-state index is 14.0. The van der Waals surface area contributed by atoms with Gasteiger partial charge in [0, 0.05) is 19.4 Å². The van der Waals surface area contributed by atoms with E-state index in [2.05, 4.69) is 37.9 Å². The second-order valence-electron chi connectivity index (χ2n) is 18.5. The summed E-state index contributed by atoms with van der Waals surface area (Å²) in [5, 5.41) is 3.20. The molecule has 1 N–H and O–H groups in total. The molecule has 0 saturated carbocycles. The molecule has 0 aromatic carbocycles. The first-order chi connectivity index (χ1) is 28.9. The first-order valence-corrected chi connectivity index (χ1v) is 26.3. The molecule has 0 bridgehead atoms. The van der Waals surface area contributed by atoms with Crippen molar-refractivity contribution in [2.24, 2.45) is 0 Å². The fourth-order valence-corrected chi connectivity index (χ4v) is 8.83. The van der Waals surface area contributed by atoms with Crippen molar-refractivity contribution in [1.29, 1.82) is 0 Å². The molecular formula is C52H100N2O5. The Morgan fingerprint density at radius 1 is 0.492 bits per heavy atom. The number of ether oxygens (including phenoxy) is 2. The van der Waals surface area contributed by atoms with Gasteiger partial charge in [-0.2, -0.15) is 0 Å². The van der Waals surface area contributed by atoms with Crippen molar-refractivity contribution >= 4 is 17.8 Å². The Labute approximate surface area is 366 Å². The van der Waals surface area contributed by atoms with E-state index >= 15 is 0 Å². The summed E-state index contributed by atoms with van der Waals surface area (Å²) in [5.74, 6) is -0.327. The Kier molecular flexibility index (Phi) is 38.0. The number of hydrogen-bond acceptors (Lipinski definition) is 6. The molecular weight excluding hydrogens is 733 g/mol. The lowest BCUT2D eigenvalue weighted by atomic mass is 9.88. The predicted molar refractivity (Wildman–Crippen MR) is 251 cm³/mol. The normalized spacial score (nSPS) is 14.6. The van der Waals surface area contributed by atoms with Crippen LogP contribution in [0.3, 0.4) is 0 Å². The molecule has 0 spiro atoms. The Bertz CT molecular complexity index is 959. The molecule has 59 heavy (non-hydrogen) atoms. The van der Waals surface area contributed by atoms with Crippen LogP contribution in [0, 0.1) is 0 Å². The number of esters is 2. The second kappa shape index (κ2) is 40.4. The van der Waals surface area contributed by atoms with Gasteiger partial charge >= 0.3 is 11.9 Å². The van der Waals surface area contributed by atoms with Gasteiger partial charge in [0.05, 0.1) is 0 Å². The first-order valence-electron chi connectivity index (χ1n) is 26.3. The highest BCUT2D eigenvalue weighted by Gasteiger charge is 2.41. The molecule has 1 heterocycles. The summed E-state index contributed by atoms with van der Waals surface area (Å²) in [7, 11) is 0. The van der Waals surface area contributed by atoms with E-state index in [1.807, 2.05) is 0 Å². The van der Waals surface area contributed by atoms with Gasteiger partial charge in [-0.1, -0.05) is 195 Å². The minimum Gasteiger partial charge on any atom is -0.462 e. The molecule has 1 amide bonds. The summed E-state index contributed by atoms with van der Waals surface area (Å²) in [6.45, 7) is 12.6. The monoisotopic (exact) mass is 833 g/mol. The lowest BCUT2D eigenvalue weighted by Gasteiger charge is -2.33. The SMILES string of the molecule is CCCCCCCCCCCCCCCCCCC(CCCCCCCCC(=O)OC(CCCC)CCCC)(OC(=O)CCCN1CCCCCC1)C(=O)NCCCC. The minimum atomic E-state index is -1.08. The van der Waals surface area contributed by atoms with Gasteiger partial charge in [-0.05, 0) is 90.3 Å². The third-order valence-corrected chi connectivity index (χ3v) is 12.8. The van der Waals surface area contributed by atoms with Crippen LogP contribution in [0.5, 0.6) is 0 Å². The van der Waals surface area contributed by atoms with Gasteiger partial charge in [-0.3, -0.25) is 14.4 Å². The highest BCUT2D eigenvalue weighted by atomic mass is 16.6. The number of hydrogen-bond donors (Lipinski definition) is 1. The van der Waals surface area contributed by atoms with Gasteiger partial charge in [0.2, 0.25) is 0 Å². The van der Waals surface area contributed by atoms with Crippen molar-refractivity contribution in [3.63, 3.8) is 0 Å². The summed E-state index contributed by atoms with van der Waals surface area (Å²) in [6, 6.07) is 0. The van der Waals surface area contributed by atoms with Crippen LogP contribution < -0.4 is 5.32 Å².